The number of hydrogen-bond donors (Lipinski definition) is 1. The molecule has 1 fully saturated rings. The Balaban J connectivity index is 1.24. The summed E-state index contributed by atoms with van der Waals surface area (Å²) in [6.45, 7) is 4.62. The number of rotatable bonds is 5. The number of nitrogens with zero attached hydrogens (tertiary/aromatic N) is 7. The molecule has 1 saturated heterocycles. The maximum atomic E-state index is 4.46. The first-order valence-corrected chi connectivity index (χ1v) is 9.75. The van der Waals surface area contributed by atoms with Gasteiger partial charge in [0.25, 0.3) is 0 Å². The molecule has 0 aliphatic carbocycles. The number of piperazine rings is 1. The maximum absolute atomic E-state index is 4.46. The number of fused-ring (bicyclic) bond motifs is 1. The second kappa shape index (κ2) is 8.69. The number of hydrogen-bond acceptors (Lipinski definition) is 5. The van der Waals surface area contributed by atoms with Gasteiger partial charge in [0, 0.05) is 58.6 Å². The summed E-state index contributed by atoms with van der Waals surface area (Å²) in [6, 6.07) is 12.0. The van der Waals surface area contributed by atoms with Crippen molar-refractivity contribution in [2.24, 2.45) is 4.99 Å². The van der Waals surface area contributed by atoms with E-state index in [1.165, 1.54) is 0 Å². The molecule has 4 heterocycles. The van der Waals surface area contributed by atoms with E-state index in [0.717, 1.165) is 68.8 Å². The van der Waals surface area contributed by atoms with Gasteiger partial charge in [-0.2, -0.15) is 0 Å². The van der Waals surface area contributed by atoms with Crippen LogP contribution in [-0.2, 0) is 6.42 Å². The predicted molar refractivity (Wildman–Crippen MR) is 111 cm³/mol. The number of aryl methyl sites for hydroxylation is 1. The standard InChI is InChI=1S/C20H26N8/c1-21-20(27-15-13-26(14-16-27)17-7-2-4-10-22-17)23-11-6-9-19-25-24-18-8-3-5-12-28(18)19/h2-5,7-8,10,12H,6,9,11,13-16H2,1H3,(H,21,23). The minimum atomic E-state index is 0.856. The predicted octanol–water partition coefficient (Wildman–Crippen LogP) is 1.45. The molecular formula is C20H26N8. The van der Waals surface area contributed by atoms with E-state index in [1.807, 2.05) is 54.2 Å². The number of aromatic nitrogens is 4. The molecule has 1 aliphatic rings. The van der Waals surface area contributed by atoms with E-state index in [-0.39, 0.29) is 0 Å². The Hall–Kier alpha value is -3.16. The molecule has 0 radical (unpaired) electrons. The van der Waals surface area contributed by atoms with Crippen molar-refractivity contribution in [1.82, 2.24) is 29.8 Å². The van der Waals surface area contributed by atoms with Crippen molar-refractivity contribution in [2.45, 2.75) is 12.8 Å². The summed E-state index contributed by atoms with van der Waals surface area (Å²) >= 11 is 0. The van der Waals surface area contributed by atoms with Gasteiger partial charge < -0.3 is 15.1 Å². The summed E-state index contributed by atoms with van der Waals surface area (Å²) in [7, 11) is 1.85. The number of pyridine rings is 2. The quantitative estimate of drug-likeness (QED) is 0.412. The highest BCUT2D eigenvalue weighted by atomic mass is 15.4. The van der Waals surface area contributed by atoms with E-state index in [4.69, 9.17) is 0 Å². The van der Waals surface area contributed by atoms with E-state index in [1.54, 1.807) is 0 Å². The van der Waals surface area contributed by atoms with E-state index >= 15 is 0 Å². The SMILES string of the molecule is CN=C(NCCCc1nnc2ccccn12)N1CCN(c2ccccn2)CC1. The van der Waals surface area contributed by atoms with Crippen molar-refractivity contribution in [1.29, 1.82) is 0 Å². The summed E-state index contributed by atoms with van der Waals surface area (Å²) in [4.78, 5) is 13.5. The number of anilines is 1. The summed E-state index contributed by atoms with van der Waals surface area (Å²) in [6.07, 6.45) is 5.71. The Bertz CT molecular complexity index is 912. The first-order chi connectivity index (χ1) is 13.8. The first kappa shape index (κ1) is 18.2. The minimum Gasteiger partial charge on any atom is -0.356 e. The first-order valence-electron chi connectivity index (χ1n) is 9.75. The lowest BCUT2D eigenvalue weighted by molar-refractivity contribution is 0.371. The van der Waals surface area contributed by atoms with Gasteiger partial charge in [-0.05, 0) is 30.7 Å². The number of nitrogens with one attached hydrogen (secondary N) is 1. The minimum absolute atomic E-state index is 0.856. The Morgan fingerprint density at radius 2 is 1.93 bits per heavy atom. The molecule has 0 saturated carbocycles. The molecule has 3 aromatic heterocycles. The molecule has 4 rings (SSSR count). The third-order valence-corrected chi connectivity index (χ3v) is 5.01. The lowest BCUT2D eigenvalue weighted by Gasteiger charge is -2.37. The van der Waals surface area contributed by atoms with Gasteiger partial charge in [-0.15, -0.1) is 10.2 Å². The Kier molecular flexibility index (Phi) is 5.65. The molecule has 3 aromatic rings. The van der Waals surface area contributed by atoms with Gasteiger partial charge in [0.05, 0.1) is 0 Å². The highest BCUT2D eigenvalue weighted by Gasteiger charge is 2.20. The van der Waals surface area contributed by atoms with Crippen molar-refractivity contribution in [2.75, 3.05) is 44.7 Å². The molecule has 0 amide bonds. The Morgan fingerprint density at radius 3 is 2.71 bits per heavy atom. The van der Waals surface area contributed by atoms with Crippen molar-refractivity contribution < 1.29 is 0 Å². The van der Waals surface area contributed by atoms with Crippen LogP contribution < -0.4 is 10.2 Å². The highest BCUT2D eigenvalue weighted by Crippen LogP contribution is 2.12. The summed E-state index contributed by atoms with van der Waals surface area (Å²) in [5, 5.41) is 12.0. The fraction of sp³-hybridized carbons (Fsp3) is 0.400. The third-order valence-electron chi connectivity index (χ3n) is 5.01. The lowest BCUT2D eigenvalue weighted by atomic mass is 10.3. The second-order valence-electron chi connectivity index (χ2n) is 6.78. The van der Waals surface area contributed by atoms with Crippen LogP contribution in [0.1, 0.15) is 12.2 Å². The molecule has 1 N–H and O–H groups in total. The van der Waals surface area contributed by atoms with Crippen LogP contribution >= 0.6 is 0 Å². The van der Waals surface area contributed by atoms with Gasteiger partial charge in [0.2, 0.25) is 0 Å². The van der Waals surface area contributed by atoms with Crippen LogP contribution in [-0.4, -0.2) is 70.2 Å². The van der Waals surface area contributed by atoms with Crippen molar-refractivity contribution >= 4 is 17.4 Å². The molecule has 0 bridgehead atoms. The number of aliphatic imine (C=N–C) groups is 1. The van der Waals surface area contributed by atoms with Gasteiger partial charge in [-0.1, -0.05) is 12.1 Å². The molecule has 28 heavy (non-hydrogen) atoms. The van der Waals surface area contributed by atoms with Crippen LogP contribution in [0.4, 0.5) is 5.82 Å². The van der Waals surface area contributed by atoms with Crippen LogP contribution in [0.3, 0.4) is 0 Å². The van der Waals surface area contributed by atoms with Crippen LogP contribution in [0.15, 0.2) is 53.8 Å². The van der Waals surface area contributed by atoms with Gasteiger partial charge in [-0.3, -0.25) is 9.39 Å². The summed E-state index contributed by atoms with van der Waals surface area (Å²) < 4.78 is 2.05. The fourth-order valence-electron chi connectivity index (χ4n) is 3.53. The van der Waals surface area contributed by atoms with Crippen molar-refractivity contribution in [3.8, 4) is 0 Å². The second-order valence-corrected chi connectivity index (χ2v) is 6.78. The van der Waals surface area contributed by atoms with E-state index in [0.29, 0.717) is 0 Å². The van der Waals surface area contributed by atoms with Crippen LogP contribution in [0.2, 0.25) is 0 Å². The Morgan fingerprint density at radius 1 is 1.07 bits per heavy atom. The third kappa shape index (κ3) is 4.05. The van der Waals surface area contributed by atoms with Gasteiger partial charge in [-0.25, -0.2) is 4.98 Å². The number of guanidine groups is 1. The largest absolute Gasteiger partial charge is 0.356 e. The average molecular weight is 378 g/mol. The topological polar surface area (TPSA) is 74.0 Å². The average Bonchev–Trinajstić information content (AvgIpc) is 3.18. The van der Waals surface area contributed by atoms with Gasteiger partial charge >= 0.3 is 0 Å². The van der Waals surface area contributed by atoms with Crippen molar-refractivity contribution in [3.05, 3.63) is 54.6 Å². The molecule has 8 nitrogen and oxygen atoms in total. The smallest absolute Gasteiger partial charge is 0.193 e. The zero-order chi connectivity index (χ0) is 19.2. The zero-order valence-corrected chi connectivity index (χ0v) is 16.2. The van der Waals surface area contributed by atoms with Crippen LogP contribution in [0.5, 0.6) is 0 Å². The molecule has 0 aromatic carbocycles. The molecule has 1 aliphatic heterocycles. The molecule has 0 atom stereocenters. The molecule has 0 unspecified atom stereocenters. The molecule has 8 heteroatoms. The van der Waals surface area contributed by atoms with Crippen molar-refractivity contribution in [3.63, 3.8) is 0 Å². The fourth-order valence-corrected chi connectivity index (χ4v) is 3.53. The highest BCUT2D eigenvalue weighted by molar-refractivity contribution is 5.80. The van der Waals surface area contributed by atoms with Gasteiger partial charge in [0.1, 0.15) is 11.6 Å². The summed E-state index contributed by atoms with van der Waals surface area (Å²) in [5.41, 5.74) is 0.895. The van der Waals surface area contributed by atoms with Crippen LogP contribution in [0.25, 0.3) is 5.65 Å². The lowest BCUT2D eigenvalue weighted by Crippen LogP contribution is -2.52. The molecule has 146 valence electrons. The van der Waals surface area contributed by atoms with Gasteiger partial charge in [0.15, 0.2) is 11.6 Å². The van der Waals surface area contributed by atoms with E-state index < -0.39 is 0 Å². The van der Waals surface area contributed by atoms with E-state index in [9.17, 15) is 0 Å². The monoisotopic (exact) mass is 378 g/mol. The Labute approximate surface area is 164 Å². The molecular weight excluding hydrogens is 352 g/mol. The summed E-state index contributed by atoms with van der Waals surface area (Å²) in [5.74, 6) is 3.01. The van der Waals surface area contributed by atoms with E-state index in [2.05, 4.69) is 41.4 Å². The molecule has 0 spiro atoms. The zero-order valence-electron chi connectivity index (χ0n) is 16.2. The maximum Gasteiger partial charge on any atom is 0.193 e. The van der Waals surface area contributed by atoms with Crippen LogP contribution in [0, 0.1) is 0 Å². The normalized spacial score (nSPS) is 15.2.